The van der Waals surface area contributed by atoms with E-state index in [0.29, 0.717) is 38.1 Å². The largest absolute Gasteiger partial charge is 0.495 e. The van der Waals surface area contributed by atoms with Gasteiger partial charge in [-0.2, -0.15) is 0 Å². The highest BCUT2D eigenvalue weighted by atomic mass is 16.5. The van der Waals surface area contributed by atoms with Crippen LogP contribution in [0.2, 0.25) is 0 Å². The van der Waals surface area contributed by atoms with Gasteiger partial charge in [0.1, 0.15) is 5.75 Å². The first-order valence-electron chi connectivity index (χ1n) is 11.8. The quantitative estimate of drug-likeness (QED) is 0.611. The number of fused-ring (bicyclic) bond motifs is 2. The number of ether oxygens (including phenoxy) is 2. The number of piperidine rings is 2. The topological polar surface area (TPSA) is 46.9 Å². The normalized spacial score (nSPS) is 21.7. The van der Waals surface area contributed by atoms with Gasteiger partial charge in [-0.1, -0.05) is 18.6 Å². The van der Waals surface area contributed by atoms with E-state index in [0.717, 1.165) is 23.2 Å². The van der Waals surface area contributed by atoms with Gasteiger partial charge >= 0.3 is 0 Å². The maximum absolute atomic E-state index is 13.3. The van der Waals surface area contributed by atoms with E-state index in [-0.39, 0.29) is 5.91 Å². The highest BCUT2D eigenvalue weighted by Gasteiger charge is 2.34. The molecule has 1 aromatic heterocycles. The third kappa shape index (κ3) is 5.07. The summed E-state index contributed by atoms with van der Waals surface area (Å²) in [6, 6.07) is 8.80. The molecule has 0 spiro atoms. The molecule has 2 aliphatic rings. The van der Waals surface area contributed by atoms with Gasteiger partial charge in [-0.25, -0.2) is 0 Å². The van der Waals surface area contributed by atoms with Gasteiger partial charge in [-0.05, 0) is 56.8 Å². The highest BCUT2D eigenvalue weighted by Crippen LogP contribution is 2.32. The number of hydrogen-bond donors (Lipinski definition) is 0. The predicted octanol–water partition coefficient (Wildman–Crippen LogP) is 3.78. The summed E-state index contributed by atoms with van der Waals surface area (Å²) in [5.41, 5.74) is 1.06. The maximum atomic E-state index is 13.3. The van der Waals surface area contributed by atoms with E-state index < -0.39 is 0 Å². The van der Waals surface area contributed by atoms with Gasteiger partial charge in [0.25, 0.3) is 0 Å². The van der Waals surface area contributed by atoms with Crippen molar-refractivity contribution in [1.29, 1.82) is 0 Å². The number of carbonyl (C=O) groups excluding carboxylic acids is 1. The van der Waals surface area contributed by atoms with E-state index in [2.05, 4.69) is 32.7 Å². The molecule has 3 heterocycles. The Morgan fingerprint density at radius 1 is 1.13 bits per heavy atom. The van der Waals surface area contributed by atoms with Crippen LogP contribution in [0.4, 0.5) is 0 Å². The first-order valence-corrected chi connectivity index (χ1v) is 11.8. The van der Waals surface area contributed by atoms with E-state index in [1.165, 1.54) is 45.2 Å². The van der Waals surface area contributed by atoms with Crippen LogP contribution < -0.4 is 4.74 Å². The van der Waals surface area contributed by atoms with Crippen LogP contribution in [0.15, 0.2) is 30.5 Å². The summed E-state index contributed by atoms with van der Waals surface area (Å²) in [5.74, 6) is 1.66. The van der Waals surface area contributed by atoms with Crippen molar-refractivity contribution < 1.29 is 14.3 Å². The first-order chi connectivity index (χ1) is 15.2. The maximum Gasteiger partial charge on any atom is 0.224 e. The smallest absolute Gasteiger partial charge is 0.224 e. The molecular formula is C25H37N3O3. The van der Waals surface area contributed by atoms with Crippen LogP contribution in [0.3, 0.4) is 0 Å². The predicted molar refractivity (Wildman–Crippen MR) is 123 cm³/mol. The number of amides is 1. The van der Waals surface area contributed by atoms with Crippen molar-refractivity contribution in [1.82, 2.24) is 14.4 Å². The van der Waals surface area contributed by atoms with Crippen LogP contribution in [0.1, 0.15) is 38.5 Å². The van der Waals surface area contributed by atoms with Crippen molar-refractivity contribution in [3.05, 3.63) is 30.5 Å². The summed E-state index contributed by atoms with van der Waals surface area (Å²) in [7, 11) is 3.41. The second-order valence-corrected chi connectivity index (χ2v) is 8.99. The molecule has 6 heteroatoms. The fourth-order valence-electron chi connectivity index (χ4n) is 5.54. The molecule has 31 heavy (non-hydrogen) atoms. The number of aromatic nitrogens is 1. The number of aryl methyl sites for hydroxylation is 1. The van der Waals surface area contributed by atoms with Crippen molar-refractivity contribution in [2.24, 2.45) is 5.92 Å². The second-order valence-electron chi connectivity index (χ2n) is 8.99. The fraction of sp³-hybridized carbons (Fsp3) is 0.640. The molecule has 170 valence electrons. The van der Waals surface area contributed by atoms with Crippen LogP contribution in [0.5, 0.6) is 5.75 Å². The van der Waals surface area contributed by atoms with E-state index in [1.807, 2.05) is 12.1 Å². The van der Waals surface area contributed by atoms with Gasteiger partial charge in [0.15, 0.2) is 0 Å². The lowest BCUT2D eigenvalue weighted by atomic mass is 9.83. The van der Waals surface area contributed by atoms with Crippen molar-refractivity contribution in [3.63, 3.8) is 0 Å². The lowest BCUT2D eigenvalue weighted by molar-refractivity contribution is -0.133. The van der Waals surface area contributed by atoms with E-state index in [9.17, 15) is 4.79 Å². The Kier molecular flexibility index (Phi) is 7.51. The van der Waals surface area contributed by atoms with Crippen molar-refractivity contribution in [2.75, 3.05) is 47.0 Å². The summed E-state index contributed by atoms with van der Waals surface area (Å²) >= 11 is 0. The summed E-state index contributed by atoms with van der Waals surface area (Å²) in [6.45, 7) is 5.25. The molecule has 0 bridgehead atoms. The SMILES string of the molecule is COCCN(C[C@H]1CCCN2CCCC[C@@H]12)C(=O)CCn1ccc2cccc(OC)c21. The molecule has 4 rings (SSSR count). The Labute approximate surface area is 186 Å². The summed E-state index contributed by atoms with van der Waals surface area (Å²) < 4.78 is 13.0. The van der Waals surface area contributed by atoms with E-state index >= 15 is 0 Å². The molecule has 2 aromatic rings. The van der Waals surface area contributed by atoms with Crippen LogP contribution in [-0.2, 0) is 16.1 Å². The molecule has 0 N–H and O–H groups in total. The standard InChI is InChI=1S/C25H37N3O3/c1-30-18-17-28(19-21-8-6-14-26-13-4-3-9-22(21)26)24(29)12-16-27-15-11-20-7-5-10-23(31-2)25(20)27/h5,7,10-11,15,21-22H,3-4,6,8-9,12-14,16-19H2,1-2H3/t21-,22+/m1/s1. The number of rotatable bonds is 9. The number of methoxy groups -OCH3 is 2. The van der Waals surface area contributed by atoms with Crippen LogP contribution in [0, 0.1) is 5.92 Å². The molecule has 1 amide bonds. The van der Waals surface area contributed by atoms with Gasteiger partial charge in [0.05, 0.1) is 19.2 Å². The Hall–Kier alpha value is -2.05. The molecule has 1 aromatic carbocycles. The average Bonchev–Trinajstić information content (AvgIpc) is 3.23. The summed E-state index contributed by atoms with van der Waals surface area (Å²) in [5, 5.41) is 1.14. The monoisotopic (exact) mass is 427 g/mol. The Morgan fingerprint density at radius 3 is 2.84 bits per heavy atom. The second kappa shape index (κ2) is 10.5. The van der Waals surface area contributed by atoms with Crippen LogP contribution in [-0.4, -0.2) is 73.3 Å². The first kappa shape index (κ1) is 22.2. The zero-order chi connectivity index (χ0) is 21.6. The van der Waals surface area contributed by atoms with Gasteiger partial charge in [0.2, 0.25) is 5.91 Å². The molecule has 0 aliphatic carbocycles. The number of carbonyl (C=O) groups is 1. The summed E-state index contributed by atoms with van der Waals surface area (Å²) in [4.78, 5) is 18.0. The lowest BCUT2D eigenvalue weighted by Gasteiger charge is -2.45. The number of hydrogen-bond acceptors (Lipinski definition) is 4. The minimum Gasteiger partial charge on any atom is -0.495 e. The molecule has 0 unspecified atom stereocenters. The van der Waals surface area contributed by atoms with E-state index in [1.54, 1.807) is 14.2 Å². The molecule has 2 atom stereocenters. The van der Waals surface area contributed by atoms with Gasteiger partial charge in [-0.3, -0.25) is 4.79 Å². The molecule has 2 aliphatic heterocycles. The van der Waals surface area contributed by atoms with E-state index in [4.69, 9.17) is 9.47 Å². The lowest BCUT2D eigenvalue weighted by Crippen LogP contribution is -2.52. The highest BCUT2D eigenvalue weighted by molar-refractivity contribution is 5.86. The van der Waals surface area contributed by atoms with Gasteiger partial charge in [-0.15, -0.1) is 0 Å². The number of benzene rings is 1. The minimum absolute atomic E-state index is 0.224. The molecule has 0 radical (unpaired) electrons. The summed E-state index contributed by atoms with van der Waals surface area (Å²) in [6.07, 6.45) is 8.97. The molecule has 0 saturated carbocycles. The zero-order valence-electron chi connectivity index (χ0n) is 19.1. The minimum atomic E-state index is 0.224. The number of para-hydroxylation sites is 1. The molecule has 2 saturated heterocycles. The fourth-order valence-corrected chi connectivity index (χ4v) is 5.54. The molecule has 6 nitrogen and oxygen atoms in total. The van der Waals surface area contributed by atoms with Crippen molar-refractivity contribution >= 4 is 16.8 Å². The molecule has 2 fully saturated rings. The van der Waals surface area contributed by atoms with Crippen LogP contribution in [0.25, 0.3) is 10.9 Å². The van der Waals surface area contributed by atoms with Crippen molar-refractivity contribution in [3.8, 4) is 5.75 Å². The van der Waals surface area contributed by atoms with Gasteiger partial charge < -0.3 is 23.8 Å². The van der Waals surface area contributed by atoms with Crippen LogP contribution >= 0.6 is 0 Å². The third-order valence-electron chi connectivity index (χ3n) is 7.14. The third-order valence-corrected chi connectivity index (χ3v) is 7.14. The van der Waals surface area contributed by atoms with Gasteiger partial charge in [0, 0.05) is 50.8 Å². The number of nitrogens with zero attached hydrogens (tertiary/aromatic N) is 3. The van der Waals surface area contributed by atoms with Crippen molar-refractivity contribution in [2.45, 2.75) is 51.1 Å². The Balaban J connectivity index is 1.42. The molecular weight excluding hydrogens is 390 g/mol. The average molecular weight is 428 g/mol. The zero-order valence-corrected chi connectivity index (χ0v) is 19.1. The Morgan fingerprint density at radius 2 is 2.00 bits per heavy atom. The Bertz CT molecular complexity index is 863.